The minimum Gasteiger partial charge on any atom is -0.376 e. The summed E-state index contributed by atoms with van der Waals surface area (Å²) >= 11 is 0. The zero-order valence-corrected chi connectivity index (χ0v) is 9.56. The Kier molecular flexibility index (Phi) is 2.35. The molecule has 1 aromatic heterocycles. The molecule has 1 aromatic rings. The third-order valence-electron chi connectivity index (χ3n) is 3.42. The lowest BCUT2D eigenvalue weighted by Gasteiger charge is -2.07. The van der Waals surface area contributed by atoms with Gasteiger partial charge in [0.25, 0.3) is 0 Å². The molecule has 1 saturated heterocycles. The van der Waals surface area contributed by atoms with Crippen LogP contribution < -0.4 is 5.69 Å². The number of ether oxygens (including phenoxy) is 1. The molecule has 0 bridgehead atoms. The summed E-state index contributed by atoms with van der Waals surface area (Å²) in [6, 6.07) is 0. The molecule has 0 aromatic carbocycles. The second kappa shape index (κ2) is 3.73. The standard InChI is InChI=1S/C11H17N3O2/c1-13-10(8-4-5-8)12-14(11(13)15)7-9-3-2-6-16-9/h8-9H,2-7H2,1H3/t9-/m1/s1. The van der Waals surface area contributed by atoms with E-state index in [1.165, 1.54) is 12.8 Å². The van der Waals surface area contributed by atoms with E-state index >= 15 is 0 Å². The minimum atomic E-state index is -0.00241. The Labute approximate surface area is 94.0 Å². The van der Waals surface area contributed by atoms with Crippen LogP contribution in [-0.2, 0) is 18.3 Å². The summed E-state index contributed by atoms with van der Waals surface area (Å²) in [6.07, 6.45) is 4.66. The Morgan fingerprint density at radius 3 is 2.88 bits per heavy atom. The first-order chi connectivity index (χ1) is 7.75. The van der Waals surface area contributed by atoms with Gasteiger partial charge in [0.1, 0.15) is 5.82 Å². The van der Waals surface area contributed by atoms with E-state index in [9.17, 15) is 4.79 Å². The van der Waals surface area contributed by atoms with Crippen molar-refractivity contribution in [2.45, 2.75) is 44.2 Å². The maximum absolute atomic E-state index is 11.9. The van der Waals surface area contributed by atoms with Crippen LogP contribution in [0.15, 0.2) is 4.79 Å². The van der Waals surface area contributed by atoms with Gasteiger partial charge in [0.05, 0.1) is 12.6 Å². The van der Waals surface area contributed by atoms with Crippen molar-refractivity contribution in [3.8, 4) is 0 Å². The topological polar surface area (TPSA) is 49.0 Å². The van der Waals surface area contributed by atoms with Crippen molar-refractivity contribution < 1.29 is 4.74 Å². The van der Waals surface area contributed by atoms with Crippen molar-refractivity contribution in [3.05, 3.63) is 16.3 Å². The van der Waals surface area contributed by atoms with Gasteiger partial charge in [0, 0.05) is 19.6 Å². The van der Waals surface area contributed by atoms with Crippen LogP contribution >= 0.6 is 0 Å². The maximum atomic E-state index is 11.9. The van der Waals surface area contributed by atoms with Crippen LogP contribution in [0.4, 0.5) is 0 Å². The third kappa shape index (κ3) is 1.69. The van der Waals surface area contributed by atoms with Crippen molar-refractivity contribution in [1.82, 2.24) is 14.3 Å². The summed E-state index contributed by atoms with van der Waals surface area (Å²) in [7, 11) is 1.81. The van der Waals surface area contributed by atoms with Crippen LogP contribution in [0.2, 0.25) is 0 Å². The lowest BCUT2D eigenvalue weighted by atomic mass is 10.2. The lowest BCUT2D eigenvalue weighted by molar-refractivity contribution is 0.0928. The van der Waals surface area contributed by atoms with Crippen LogP contribution in [0.25, 0.3) is 0 Å². The first-order valence-electron chi connectivity index (χ1n) is 6.01. The Morgan fingerprint density at radius 2 is 2.25 bits per heavy atom. The highest BCUT2D eigenvalue weighted by molar-refractivity contribution is 5.04. The first kappa shape index (κ1) is 10.1. The van der Waals surface area contributed by atoms with Gasteiger partial charge in [-0.1, -0.05) is 0 Å². The van der Waals surface area contributed by atoms with E-state index in [1.807, 2.05) is 7.05 Å². The van der Waals surface area contributed by atoms with Crippen molar-refractivity contribution >= 4 is 0 Å². The Balaban J connectivity index is 1.83. The van der Waals surface area contributed by atoms with Gasteiger partial charge in [0.15, 0.2) is 0 Å². The fraction of sp³-hybridized carbons (Fsp3) is 0.818. The highest BCUT2D eigenvalue weighted by Gasteiger charge is 2.30. The van der Waals surface area contributed by atoms with Crippen LogP contribution in [0.5, 0.6) is 0 Å². The molecule has 2 aliphatic rings. The molecule has 88 valence electrons. The van der Waals surface area contributed by atoms with E-state index < -0.39 is 0 Å². The van der Waals surface area contributed by atoms with E-state index in [-0.39, 0.29) is 11.8 Å². The van der Waals surface area contributed by atoms with E-state index in [4.69, 9.17) is 4.74 Å². The molecule has 0 N–H and O–H groups in total. The summed E-state index contributed by atoms with van der Waals surface area (Å²) in [5.41, 5.74) is -0.00241. The summed E-state index contributed by atoms with van der Waals surface area (Å²) in [5.74, 6) is 1.46. The highest BCUT2D eigenvalue weighted by Crippen LogP contribution is 2.38. The quantitative estimate of drug-likeness (QED) is 0.755. The SMILES string of the molecule is Cn1c(C2CC2)nn(C[C@H]2CCCO2)c1=O. The van der Waals surface area contributed by atoms with Gasteiger partial charge in [-0.05, 0) is 25.7 Å². The number of hydrogen-bond acceptors (Lipinski definition) is 3. The van der Waals surface area contributed by atoms with Gasteiger partial charge in [-0.15, -0.1) is 0 Å². The first-order valence-corrected chi connectivity index (χ1v) is 6.01. The van der Waals surface area contributed by atoms with Crippen molar-refractivity contribution in [1.29, 1.82) is 0 Å². The molecular formula is C11H17N3O2. The molecule has 5 heteroatoms. The molecule has 1 aliphatic heterocycles. The minimum absolute atomic E-state index is 0.00241. The predicted octanol–water partition coefficient (Wildman–Crippen LogP) is 0.638. The zero-order valence-electron chi connectivity index (χ0n) is 9.56. The monoisotopic (exact) mass is 223 g/mol. The van der Waals surface area contributed by atoms with Crippen molar-refractivity contribution in [2.75, 3.05) is 6.61 Å². The Bertz CT molecular complexity index is 439. The molecule has 0 spiro atoms. The lowest BCUT2D eigenvalue weighted by Crippen LogP contribution is -2.28. The number of aromatic nitrogens is 3. The average Bonchev–Trinajstić information content (AvgIpc) is 2.93. The van der Waals surface area contributed by atoms with Gasteiger partial charge in [0.2, 0.25) is 0 Å². The molecule has 0 unspecified atom stereocenters. The zero-order chi connectivity index (χ0) is 11.1. The third-order valence-corrected chi connectivity index (χ3v) is 3.42. The van der Waals surface area contributed by atoms with Gasteiger partial charge in [-0.25, -0.2) is 9.48 Å². The molecule has 3 rings (SSSR count). The van der Waals surface area contributed by atoms with Gasteiger partial charge < -0.3 is 4.74 Å². The van der Waals surface area contributed by atoms with Crippen molar-refractivity contribution in [3.63, 3.8) is 0 Å². The highest BCUT2D eigenvalue weighted by atomic mass is 16.5. The van der Waals surface area contributed by atoms with Crippen LogP contribution in [0, 0.1) is 0 Å². The maximum Gasteiger partial charge on any atom is 0.345 e. The molecule has 1 atom stereocenters. The molecule has 2 fully saturated rings. The summed E-state index contributed by atoms with van der Waals surface area (Å²) in [5, 5.41) is 4.42. The second-order valence-corrected chi connectivity index (χ2v) is 4.79. The average molecular weight is 223 g/mol. The van der Waals surface area contributed by atoms with Crippen LogP contribution in [-0.4, -0.2) is 27.1 Å². The summed E-state index contributed by atoms with van der Waals surface area (Å²) in [6.45, 7) is 1.43. The summed E-state index contributed by atoms with van der Waals surface area (Å²) < 4.78 is 8.79. The molecule has 0 amide bonds. The van der Waals surface area contributed by atoms with E-state index in [2.05, 4.69) is 5.10 Å². The molecule has 5 nitrogen and oxygen atoms in total. The van der Waals surface area contributed by atoms with E-state index in [1.54, 1.807) is 9.25 Å². The van der Waals surface area contributed by atoms with Gasteiger partial charge in [-0.2, -0.15) is 5.10 Å². The molecule has 0 radical (unpaired) electrons. The number of hydrogen-bond donors (Lipinski definition) is 0. The summed E-state index contributed by atoms with van der Waals surface area (Å²) in [4.78, 5) is 11.9. The Morgan fingerprint density at radius 1 is 1.44 bits per heavy atom. The molecule has 16 heavy (non-hydrogen) atoms. The molecule has 1 aliphatic carbocycles. The van der Waals surface area contributed by atoms with Crippen LogP contribution in [0.1, 0.15) is 37.4 Å². The van der Waals surface area contributed by atoms with Gasteiger partial charge >= 0.3 is 5.69 Å². The van der Waals surface area contributed by atoms with Crippen LogP contribution in [0.3, 0.4) is 0 Å². The predicted molar refractivity (Wildman–Crippen MR) is 58.4 cm³/mol. The molecular weight excluding hydrogens is 206 g/mol. The van der Waals surface area contributed by atoms with Crippen molar-refractivity contribution in [2.24, 2.45) is 7.05 Å². The second-order valence-electron chi connectivity index (χ2n) is 4.79. The largest absolute Gasteiger partial charge is 0.376 e. The molecule has 2 heterocycles. The fourth-order valence-electron chi connectivity index (χ4n) is 2.30. The number of nitrogens with zero attached hydrogens (tertiary/aromatic N) is 3. The fourth-order valence-corrected chi connectivity index (χ4v) is 2.30. The number of rotatable bonds is 3. The smallest absolute Gasteiger partial charge is 0.345 e. The Hall–Kier alpha value is -1.10. The van der Waals surface area contributed by atoms with E-state index in [0.29, 0.717) is 12.5 Å². The normalized spacial score (nSPS) is 25.2. The van der Waals surface area contributed by atoms with Gasteiger partial charge in [-0.3, -0.25) is 4.57 Å². The molecule has 1 saturated carbocycles. The van der Waals surface area contributed by atoms with E-state index in [0.717, 1.165) is 25.3 Å².